The third-order valence-corrected chi connectivity index (χ3v) is 8.02. The summed E-state index contributed by atoms with van der Waals surface area (Å²) < 4.78 is 15.9. The van der Waals surface area contributed by atoms with E-state index < -0.39 is 47.4 Å². The van der Waals surface area contributed by atoms with Gasteiger partial charge in [0.25, 0.3) is 0 Å². The molecule has 10 nitrogen and oxygen atoms in total. The van der Waals surface area contributed by atoms with Gasteiger partial charge in [-0.05, 0) is 71.1 Å². The third-order valence-electron chi connectivity index (χ3n) is 8.02. The molecule has 0 heterocycles. The van der Waals surface area contributed by atoms with Crippen molar-refractivity contribution in [3.05, 3.63) is 42.0 Å². The van der Waals surface area contributed by atoms with E-state index >= 15 is 0 Å². The van der Waals surface area contributed by atoms with Crippen molar-refractivity contribution in [2.75, 3.05) is 13.7 Å². The molecule has 2 N–H and O–H groups in total. The molecule has 0 saturated heterocycles. The summed E-state index contributed by atoms with van der Waals surface area (Å²) in [6.07, 6.45) is 13.1. The molecule has 276 valence electrons. The topological polar surface area (TPSA) is 152 Å². The number of benzene rings is 1. The first-order valence-electron chi connectivity index (χ1n) is 17.8. The number of Topliss-reactive ketones (excluding diaryl/α,β-unsaturated/α-hetero) is 1. The molecule has 50 heavy (non-hydrogen) atoms. The monoisotopic (exact) mass is 694 g/mol. The number of amides is 1. The summed E-state index contributed by atoms with van der Waals surface area (Å²) in [6.45, 7) is 8.96. The summed E-state index contributed by atoms with van der Waals surface area (Å²) in [7, 11) is 1.20. The molecular weight excluding hydrogens is 636 g/mol. The first-order chi connectivity index (χ1) is 23.8. The number of carbonyl (C=O) groups excluding carboxylic acids is 4. The van der Waals surface area contributed by atoms with Crippen LogP contribution in [0.5, 0.6) is 5.75 Å². The fraction of sp³-hybridized carbons (Fsp3) is 0.625. The lowest BCUT2D eigenvalue weighted by Crippen LogP contribution is -2.56. The second-order valence-corrected chi connectivity index (χ2v) is 13.5. The molecule has 0 aliphatic rings. The third kappa shape index (κ3) is 17.5. The highest BCUT2D eigenvalue weighted by atomic mass is 16.6. The van der Waals surface area contributed by atoms with Gasteiger partial charge in [0.2, 0.25) is 5.91 Å². The zero-order valence-corrected chi connectivity index (χ0v) is 31.0. The fourth-order valence-electron chi connectivity index (χ4n) is 5.23. The molecule has 0 aromatic heterocycles. The summed E-state index contributed by atoms with van der Waals surface area (Å²) in [6, 6.07) is 7.57. The quantitative estimate of drug-likeness (QED) is 0.0520. The number of rotatable bonds is 24. The number of allylic oxidation sites excluding steroid dienone is 1. The molecule has 0 saturated carbocycles. The predicted octanol–water partition coefficient (Wildman–Crippen LogP) is 6.72. The first-order valence-corrected chi connectivity index (χ1v) is 17.8. The molecule has 0 aliphatic heterocycles. The van der Waals surface area contributed by atoms with E-state index in [9.17, 15) is 29.5 Å². The number of esters is 2. The van der Waals surface area contributed by atoms with Gasteiger partial charge in [-0.25, -0.2) is 9.59 Å². The second kappa shape index (κ2) is 24.1. The SMILES string of the molecule is CC#CCOc1ccc(C[C@H](NC(=O)[C@@H](C=CCCCCCCC(=O)CCCCCCC)[C@@](O)(CC#N)C(=O)OC(C)(C)C)C(=O)OC)cc1. The molecule has 3 atom stereocenters. The normalized spacial score (nSPS) is 13.6. The molecule has 1 aromatic rings. The van der Waals surface area contributed by atoms with Crippen molar-refractivity contribution in [2.45, 2.75) is 142 Å². The Kier molecular flexibility index (Phi) is 21.1. The number of methoxy groups -OCH3 is 1. The van der Waals surface area contributed by atoms with Gasteiger partial charge in [-0.1, -0.05) is 75.7 Å². The van der Waals surface area contributed by atoms with Crippen LogP contribution in [0.2, 0.25) is 0 Å². The van der Waals surface area contributed by atoms with Crippen LogP contribution in [0.25, 0.3) is 0 Å². The number of hydrogen-bond acceptors (Lipinski definition) is 9. The Balaban J connectivity index is 3.04. The fourth-order valence-corrected chi connectivity index (χ4v) is 5.23. The number of carbonyl (C=O) groups is 4. The number of ketones is 1. The van der Waals surface area contributed by atoms with Crippen molar-refractivity contribution in [3.8, 4) is 23.7 Å². The van der Waals surface area contributed by atoms with Crippen molar-refractivity contribution in [1.29, 1.82) is 5.26 Å². The Morgan fingerprint density at radius 3 is 2.14 bits per heavy atom. The van der Waals surface area contributed by atoms with Crippen molar-refractivity contribution >= 4 is 23.6 Å². The molecular formula is C40H58N2O8. The van der Waals surface area contributed by atoms with E-state index in [1.165, 1.54) is 32.4 Å². The average molecular weight is 695 g/mol. The number of nitriles is 1. The average Bonchev–Trinajstić information content (AvgIpc) is 3.06. The summed E-state index contributed by atoms with van der Waals surface area (Å²) in [4.78, 5) is 52.1. The standard InChI is InChI=1S/C40H58N2O8/c1-7-9-11-14-17-20-32(43)21-18-15-12-13-16-19-22-34(40(47,27-28-41)38(46)50-39(3,4)5)36(44)42-35(37(45)48-6)30-31-23-25-33(26-24-31)49-29-10-8-2/h19,22-26,34-35,47H,7,9,11-18,20-21,27,29-30H2,1-6H3,(H,42,44)/t34-,35+,40+/m1/s1. The Morgan fingerprint density at radius 2 is 1.58 bits per heavy atom. The summed E-state index contributed by atoms with van der Waals surface area (Å²) in [5, 5.41) is 23.9. The smallest absolute Gasteiger partial charge is 0.340 e. The Labute approximate surface area is 299 Å². The van der Waals surface area contributed by atoms with Gasteiger partial charge in [-0.15, -0.1) is 5.92 Å². The maximum Gasteiger partial charge on any atom is 0.340 e. The molecule has 1 aromatic carbocycles. The molecule has 10 heteroatoms. The highest BCUT2D eigenvalue weighted by molar-refractivity contribution is 5.93. The molecule has 0 unspecified atom stereocenters. The lowest BCUT2D eigenvalue weighted by molar-refractivity contribution is -0.182. The van der Waals surface area contributed by atoms with Gasteiger partial charge >= 0.3 is 11.9 Å². The highest BCUT2D eigenvalue weighted by Crippen LogP contribution is 2.28. The molecule has 0 radical (unpaired) electrons. The molecule has 0 aliphatic carbocycles. The number of unbranched alkanes of at least 4 members (excludes halogenated alkanes) is 8. The van der Waals surface area contributed by atoms with Gasteiger partial charge in [0.15, 0.2) is 5.60 Å². The maximum absolute atomic E-state index is 13.8. The highest BCUT2D eigenvalue weighted by Gasteiger charge is 2.49. The van der Waals surface area contributed by atoms with E-state index in [-0.39, 0.29) is 13.0 Å². The van der Waals surface area contributed by atoms with Gasteiger partial charge in [0.05, 0.1) is 25.5 Å². The molecule has 1 rings (SSSR count). The van der Waals surface area contributed by atoms with E-state index in [1.54, 1.807) is 58.0 Å². The number of aliphatic hydroxyl groups is 1. The minimum Gasteiger partial charge on any atom is -0.481 e. The number of nitrogens with one attached hydrogen (secondary N) is 1. The van der Waals surface area contributed by atoms with Crippen LogP contribution >= 0.6 is 0 Å². The lowest BCUT2D eigenvalue weighted by Gasteiger charge is -2.33. The van der Waals surface area contributed by atoms with Crippen LogP contribution in [0.15, 0.2) is 36.4 Å². The number of ether oxygens (including phenoxy) is 3. The van der Waals surface area contributed by atoms with Crippen LogP contribution < -0.4 is 10.1 Å². The maximum atomic E-state index is 13.8. The second-order valence-electron chi connectivity index (χ2n) is 13.5. The van der Waals surface area contributed by atoms with Crippen molar-refractivity contribution in [2.24, 2.45) is 5.92 Å². The first kappa shape index (κ1) is 43.9. The number of nitrogens with zero attached hydrogens (tertiary/aromatic N) is 1. The molecule has 0 bridgehead atoms. The van der Waals surface area contributed by atoms with Gasteiger partial charge in [-0.3, -0.25) is 9.59 Å². The van der Waals surface area contributed by atoms with Crippen LogP contribution in [0.1, 0.15) is 124 Å². The van der Waals surface area contributed by atoms with Crippen LogP contribution in [0, 0.1) is 29.1 Å². The summed E-state index contributed by atoms with van der Waals surface area (Å²) >= 11 is 0. The van der Waals surface area contributed by atoms with Crippen molar-refractivity contribution in [1.82, 2.24) is 5.32 Å². The zero-order valence-electron chi connectivity index (χ0n) is 31.0. The van der Waals surface area contributed by atoms with E-state index in [0.717, 1.165) is 38.5 Å². The van der Waals surface area contributed by atoms with Crippen molar-refractivity contribution < 1.29 is 38.5 Å². The Hall–Kier alpha value is -4.15. The van der Waals surface area contributed by atoms with E-state index in [0.29, 0.717) is 36.4 Å². The van der Waals surface area contributed by atoms with Crippen LogP contribution in [0.3, 0.4) is 0 Å². The summed E-state index contributed by atoms with van der Waals surface area (Å²) in [5.74, 6) is 2.22. The Bertz CT molecular complexity index is 1330. The number of hydrogen-bond donors (Lipinski definition) is 2. The predicted molar refractivity (Wildman–Crippen MR) is 193 cm³/mol. The van der Waals surface area contributed by atoms with E-state index in [1.807, 2.05) is 6.07 Å². The van der Waals surface area contributed by atoms with Gasteiger partial charge < -0.3 is 24.6 Å². The Morgan fingerprint density at radius 1 is 0.960 bits per heavy atom. The van der Waals surface area contributed by atoms with Crippen LogP contribution in [-0.4, -0.2) is 59.7 Å². The van der Waals surface area contributed by atoms with Gasteiger partial charge in [-0.2, -0.15) is 5.26 Å². The van der Waals surface area contributed by atoms with E-state index in [4.69, 9.17) is 14.2 Å². The van der Waals surface area contributed by atoms with Gasteiger partial charge in [0.1, 0.15) is 29.8 Å². The van der Waals surface area contributed by atoms with Gasteiger partial charge in [0, 0.05) is 19.3 Å². The zero-order chi connectivity index (χ0) is 37.4. The minimum absolute atomic E-state index is 0.0500. The molecule has 1 amide bonds. The lowest BCUT2D eigenvalue weighted by atomic mass is 9.83. The minimum atomic E-state index is -2.53. The molecule has 0 spiro atoms. The largest absolute Gasteiger partial charge is 0.481 e. The molecule has 0 fully saturated rings. The van der Waals surface area contributed by atoms with Crippen LogP contribution in [-0.2, 0) is 35.1 Å². The summed E-state index contributed by atoms with van der Waals surface area (Å²) in [5.41, 5.74) is -2.84. The van der Waals surface area contributed by atoms with Crippen molar-refractivity contribution in [3.63, 3.8) is 0 Å². The van der Waals surface area contributed by atoms with E-state index in [2.05, 4.69) is 24.1 Å². The van der Waals surface area contributed by atoms with Crippen LogP contribution in [0.4, 0.5) is 0 Å².